The number of rotatable bonds is 3. The molecule has 5 aromatic rings. The third-order valence-electron chi connectivity index (χ3n) is 5.19. The van der Waals surface area contributed by atoms with Crippen molar-refractivity contribution in [2.75, 3.05) is 0 Å². The lowest BCUT2D eigenvalue weighted by Crippen LogP contribution is -2.03. The second-order valence-electron chi connectivity index (χ2n) is 6.82. The van der Waals surface area contributed by atoms with Gasteiger partial charge in [-0.15, -0.1) is 0 Å². The SMILES string of the molecule is Clc1ccc2c(C(c3ccccc3Br)c3c[nH]c4cc(Cl)ccc34)c[nH]c2c1. The van der Waals surface area contributed by atoms with Crippen molar-refractivity contribution in [1.82, 2.24) is 9.97 Å². The van der Waals surface area contributed by atoms with Gasteiger partial charge in [0.1, 0.15) is 0 Å². The van der Waals surface area contributed by atoms with E-state index in [0.717, 1.165) is 36.3 Å². The fourth-order valence-corrected chi connectivity index (χ4v) is 4.79. The summed E-state index contributed by atoms with van der Waals surface area (Å²) >= 11 is 16.2. The van der Waals surface area contributed by atoms with Gasteiger partial charge in [-0.25, -0.2) is 0 Å². The molecule has 0 unspecified atom stereocenters. The van der Waals surface area contributed by atoms with Gasteiger partial charge in [0, 0.05) is 54.6 Å². The first-order chi connectivity index (χ1) is 13.6. The largest absolute Gasteiger partial charge is 0.361 e. The Kier molecular flexibility index (Phi) is 4.47. The highest BCUT2D eigenvalue weighted by Gasteiger charge is 2.24. The number of nitrogens with one attached hydrogen (secondary N) is 2. The van der Waals surface area contributed by atoms with E-state index in [4.69, 9.17) is 23.2 Å². The highest BCUT2D eigenvalue weighted by molar-refractivity contribution is 9.10. The van der Waals surface area contributed by atoms with Crippen molar-refractivity contribution >= 4 is 60.9 Å². The van der Waals surface area contributed by atoms with Crippen molar-refractivity contribution in [2.24, 2.45) is 0 Å². The molecule has 5 rings (SSSR count). The molecule has 0 fully saturated rings. The number of halogens is 3. The first-order valence-corrected chi connectivity index (χ1v) is 10.4. The van der Waals surface area contributed by atoms with E-state index in [2.05, 4.69) is 68.6 Å². The number of hydrogen-bond donors (Lipinski definition) is 2. The van der Waals surface area contributed by atoms with E-state index in [-0.39, 0.29) is 5.92 Å². The van der Waals surface area contributed by atoms with Crippen molar-refractivity contribution < 1.29 is 0 Å². The smallest absolute Gasteiger partial charge is 0.0472 e. The van der Waals surface area contributed by atoms with Crippen LogP contribution in [0.5, 0.6) is 0 Å². The molecular weight excluding hydrogens is 455 g/mol. The van der Waals surface area contributed by atoms with Gasteiger partial charge in [0.15, 0.2) is 0 Å². The summed E-state index contributed by atoms with van der Waals surface area (Å²) in [5.41, 5.74) is 5.67. The summed E-state index contributed by atoms with van der Waals surface area (Å²) in [6.45, 7) is 0. The lowest BCUT2D eigenvalue weighted by Gasteiger charge is -2.19. The minimum absolute atomic E-state index is 0.0421. The van der Waals surface area contributed by atoms with Crippen LogP contribution in [-0.4, -0.2) is 9.97 Å². The Morgan fingerprint density at radius 2 is 1.21 bits per heavy atom. The molecule has 0 aliphatic rings. The summed E-state index contributed by atoms with van der Waals surface area (Å²) in [6, 6.07) is 20.3. The Morgan fingerprint density at radius 1 is 0.679 bits per heavy atom. The van der Waals surface area contributed by atoms with Crippen LogP contribution in [0.25, 0.3) is 21.8 Å². The van der Waals surface area contributed by atoms with E-state index < -0.39 is 0 Å². The second kappa shape index (κ2) is 7.00. The maximum Gasteiger partial charge on any atom is 0.0472 e. The van der Waals surface area contributed by atoms with Crippen LogP contribution in [0.3, 0.4) is 0 Å². The Morgan fingerprint density at radius 3 is 1.75 bits per heavy atom. The zero-order chi connectivity index (χ0) is 19.3. The molecule has 0 saturated carbocycles. The number of aromatic amines is 2. The minimum atomic E-state index is 0.0421. The van der Waals surface area contributed by atoms with Crippen LogP contribution < -0.4 is 0 Å². The van der Waals surface area contributed by atoms with Crippen molar-refractivity contribution in [1.29, 1.82) is 0 Å². The summed E-state index contributed by atoms with van der Waals surface area (Å²) in [4.78, 5) is 6.77. The van der Waals surface area contributed by atoms with Crippen LogP contribution in [0.1, 0.15) is 22.6 Å². The van der Waals surface area contributed by atoms with Crippen LogP contribution in [-0.2, 0) is 0 Å². The van der Waals surface area contributed by atoms with Crippen molar-refractivity contribution in [3.63, 3.8) is 0 Å². The van der Waals surface area contributed by atoms with Crippen LogP contribution in [0.4, 0.5) is 0 Å². The highest BCUT2D eigenvalue weighted by Crippen LogP contribution is 2.42. The normalized spacial score (nSPS) is 11.7. The number of fused-ring (bicyclic) bond motifs is 2. The molecule has 0 bridgehead atoms. The molecule has 0 saturated heterocycles. The average Bonchev–Trinajstić information content (AvgIpc) is 3.28. The van der Waals surface area contributed by atoms with Gasteiger partial charge < -0.3 is 9.97 Å². The zero-order valence-electron chi connectivity index (χ0n) is 14.6. The third-order valence-corrected chi connectivity index (χ3v) is 6.38. The molecule has 2 nitrogen and oxygen atoms in total. The molecule has 0 atom stereocenters. The molecule has 2 aromatic heterocycles. The standard InChI is InChI=1S/C23H15BrCl2N2/c24-20-4-2-1-3-17(20)23(18-11-27-21-9-13(25)5-7-15(18)21)19-12-28-22-10-14(26)6-8-16(19)22/h1-12,23,27-28H. The van der Waals surface area contributed by atoms with Gasteiger partial charge in [-0.2, -0.15) is 0 Å². The fourth-order valence-electron chi connectivity index (χ4n) is 3.93. The highest BCUT2D eigenvalue weighted by atomic mass is 79.9. The van der Waals surface area contributed by atoms with Crippen LogP contribution in [0.15, 0.2) is 77.5 Å². The van der Waals surface area contributed by atoms with Crippen LogP contribution >= 0.6 is 39.1 Å². The lowest BCUT2D eigenvalue weighted by molar-refractivity contribution is 0.990. The maximum absolute atomic E-state index is 6.20. The van der Waals surface area contributed by atoms with E-state index in [1.165, 1.54) is 16.7 Å². The minimum Gasteiger partial charge on any atom is -0.361 e. The molecule has 0 aliphatic carbocycles. The predicted molar refractivity (Wildman–Crippen MR) is 122 cm³/mol. The van der Waals surface area contributed by atoms with Crippen LogP contribution in [0, 0.1) is 0 Å². The first-order valence-electron chi connectivity index (χ1n) is 8.89. The van der Waals surface area contributed by atoms with Crippen molar-refractivity contribution in [3.05, 3.63) is 104 Å². The number of aromatic nitrogens is 2. The quantitative estimate of drug-likeness (QED) is 0.269. The summed E-state index contributed by atoms with van der Waals surface area (Å²) in [6.07, 6.45) is 4.17. The Labute approximate surface area is 180 Å². The molecule has 3 aromatic carbocycles. The fraction of sp³-hybridized carbons (Fsp3) is 0.0435. The molecular formula is C23H15BrCl2N2. The van der Waals surface area contributed by atoms with Gasteiger partial charge in [-0.3, -0.25) is 0 Å². The molecule has 5 heteroatoms. The van der Waals surface area contributed by atoms with Gasteiger partial charge in [-0.05, 0) is 47.0 Å². The number of benzene rings is 3. The molecule has 0 spiro atoms. The summed E-state index contributed by atoms with van der Waals surface area (Å²) < 4.78 is 1.08. The van der Waals surface area contributed by atoms with Crippen molar-refractivity contribution in [2.45, 2.75) is 5.92 Å². The second-order valence-corrected chi connectivity index (χ2v) is 8.55. The third kappa shape index (κ3) is 2.95. The van der Waals surface area contributed by atoms with Gasteiger partial charge in [0.2, 0.25) is 0 Å². The van der Waals surface area contributed by atoms with E-state index in [9.17, 15) is 0 Å². The molecule has 2 N–H and O–H groups in total. The molecule has 28 heavy (non-hydrogen) atoms. The summed E-state index contributed by atoms with van der Waals surface area (Å²) in [5, 5.41) is 3.77. The molecule has 2 heterocycles. The van der Waals surface area contributed by atoms with Gasteiger partial charge in [0.05, 0.1) is 0 Å². The predicted octanol–water partition coefficient (Wildman–Crippen LogP) is 7.90. The molecule has 0 radical (unpaired) electrons. The lowest BCUT2D eigenvalue weighted by atomic mass is 9.85. The van der Waals surface area contributed by atoms with E-state index in [1.54, 1.807) is 0 Å². The Hall–Kier alpha value is -2.20. The van der Waals surface area contributed by atoms with E-state index >= 15 is 0 Å². The topological polar surface area (TPSA) is 31.6 Å². The van der Waals surface area contributed by atoms with Crippen LogP contribution in [0.2, 0.25) is 10.0 Å². The molecule has 138 valence electrons. The zero-order valence-corrected chi connectivity index (χ0v) is 17.7. The monoisotopic (exact) mass is 468 g/mol. The maximum atomic E-state index is 6.20. The van der Waals surface area contributed by atoms with E-state index in [1.807, 2.05) is 30.3 Å². The van der Waals surface area contributed by atoms with E-state index in [0.29, 0.717) is 0 Å². The first kappa shape index (κ1) is 17.9. The number of hydrogen-bond acceptors (Lipinski definition) is 0. The summed E-state index contributed by atoms with van der Waals surface area (Å²) in [5.74, 6) is 0.0421. The van der Waals surface area contributed by atoms with Gasteiger partial charge in [0.25, 0.3) is 0 Å². The molecule has 0 aliphatic heterocycles. The average molecular weight is 470 g/mol. The van der Waals surface area contributed by atoms with Gasteiger partial charge in [-0.1, -0.05) is 69.5 Å². The summed E-state index contributed by atoms with van der Waals surface area (Å²) in [7, 11) is 0. The van der Waals surface area contributed by atoms with Crippen molar-refractivity contribution in [3.8, 4) is 0 Å². The molecule has 0 amide bonds. The Bertz CT molecular complexity index is 1240. The van der Waals surface area contributed by atoms with Gasteiger partial charge >= 0.3 is 0 Å². The number of H-pyrrole nitrogens is 2. The Balaban J connectivity index is 1.81.